The first-order valence-corrected chi connectivity index (χ1v) is 5.97. The van der Waals surface area contributed by atoms with Crippen LogP contribution in [0.5, 0.6) is 0 Å². The number of halogens is 2. The third-order valence-corrected chi connectivity index (χ3v) is 3.21. The van der Waals surface area contributed by atoms with Gasteiger partial charge in [-0.15, -0.1) is 0 Å². The summed E-state index contributed by atoms with van der Waals surface area (Å²) in [6.45, 7) is 0.515. The lowest BCUT2D eigenvalue weighted by Crippen LogP contribution is -2.09. The molecule has 0 radical (unpaired) electrons. The van der Waals surface area contributed by atoms with Crippen LogP contribution in [0.2, 0.25) is 0 Å². The topological polar surface area (TPSA) is 37.6 Å². The molecule has 0 aliphatic carbocycles. The first kappa shape index (κ1) is 11.9. The highest BCUT2D eigenvalue weighted by Crippen LogP contribution is 2.38. The van der Waals surface area contributed by atoms with Gasteiger partial charge < -0.3 is 0 Å². The van der Waals surface area contributed by atoms with Crippen LogP contribution >= 0.6 is 0 Å². The minimum atomic E-state index is -0.367. The Labute approximate surface area is 109 Å². The number of nitrogens with zero attached hydrogens (tertiary/aromatic N) is 3. The van der Waals surface area contributed by atoms with Gasteiger partial charge in [-0.3, -0.25) is 4.98 Å². The lowest BCUT2D eigenvalue weighted by atomic mass is 9.91. The molecule has 0 spiro atoms. The number of benzene rings is 1. The Morgan fingerprint density at radius 3 is 2.37 bits per heavy atom. The molecule has 3 nitrogen and oxygen atoms in total. The van der Waals surface area contributed by atoms with Gasteiger partial charge in [-0.25, -0.2) is 8.78 Å². The molecule has 1 aromatic heterocycles. The van der Waals surface area contributed by atoms with Crippen LogP contribution < -0.4 is 0 Å². The summed E-state index contributed by atoms with van der Waals surface area (Å²) in [6.07, 6.45) is 1.19. The fraction of sp³-hybridized carbons (Fsp3) is 0.214. The van der Waals surface area contributed by atoms with Crippen LogP contribution in [0.25, 0.3) is 0 Å². The molecule has 0 saturated heterocycles. The van der Waals surface area contributed by atoms with Crippen LogP contribution in [-0.4, -0.2) is 11.5 Å². The predicted molar refractivity (Wildman–Crippen MR) is 65.8 cm³/mol. The molecule has 1 aliphatic heterocycles. The number of azo groups is 1. The zero-order chi connectivity index (χ0) is 13.2. The van der Waals surface area contributed by atoms with Crippen molar-refractivity contribution in [3.8, 4) is 0 Å². The molecule has 5 heteroatoms. The summed E-state index contributed by atoms with van der Waals surface area (Å²) in [7, 11) is 0. The van der Waals surface area contributed by atoms with Crippen molar-refractivity contribution < 1.29 is 8.78 Å². The Morgan fingerprint density at radius 2 is 1.68 bits per heavy atom. The molecule has 0 saturated carbocycles. The number of aromatic nitrogens is 1. The molecule has 2 atom stereocenters. The number of hydrogen-bond acceptors (Lipinski definition) is 3. The highest BCUT2D eigenvalue weighted by Gasteiger charge is 2.29. The van der Waals surface area contributed by atoms with Crippen molar-refractivity contribution in [2.24, 2.45) is 10.2 Å². The van der Waals surface area contributed by atoms with E-state index in [2.05, 4.69) is 15.2 Å². The number of rotatable bonds is 2. The van der Waals surface area contributed by atoms with E-state index in [9.17, 15) is 8.78 Å². The second-order valence-corrected chi connectivity index (χ2v) is 4.44. The molecule has 0 amide bonds. The van der Waals surface area contributed by atoms with Crippen LogP contribution in [-0.2, 0) is 0 Å². The van der Waals surface area contributed by atoms with Crippen molar-refractivity contribution >= 4 is 0 Å². The molecule has 1 aromatic carbocycles. The SMILES string of the molecule is Fc1ccc(C2N=NCC2c2ccc(F)cn2)cc1. The molecular weight excluding hydrogens is 248 g/mol. The van der Waals surface area contributed by atoms with Crippen molar-refractivity contribution in [1.82, 2.24) is 4.98 Å². The quantitative estimate of drug-likeness (QED) is 0.811. The Kier molecular flexibility index (Phi) is 3.03. The fourth-order valence-electron chi connectivity index (χ4n) is 2.22. The van der Waals surface area contributed by atoms with Crippen molar-refractivity contribution in [3.63, 3.8) is 0 Å². The van der Waals surface area contributed by atoms with Crippen LogP contribution in [0, 0.1) is 11.6 Å². The van der Waals surface area contributed by atoms with E-state index in [0.29, 0.717) is 6.54 Å². The molecule has 96 valence electrons. The monoisotopic (exact) mass is 259 g/mol. The summed E-state index contributed by atoms with van der Waals surface area (Å²) in [6, 6.07) is 9.03. The molecule has 2 aromatic rings. The summed E-state index contributed by atoms with van der Waals surface area (Å²) < 4.78 is 25.8. The minimum absolute atomic E-state index is 0.0222. The summed E-state index contributed by atoms with van der Waals surface area (Å²) in [5.74, 6) is -0.671. The predicted octanol–water partition coefficient (Wildman–Crippen LogP) is 3.65. The third kappa shape index (κ3) is 2.36. The minimum Gasteiger partial charge on any atom is -0.258 e. The van der Waals surface area contributed by atoms with E-state index in [4.69, 9.17) is 0 Å². The van der Waals surface area contributed by atoms with Gasteiger partial charge in [0.1, 0.15) is 17.7 Å². The largest absolute Gasteiger partial charge is 0.258 e. The lowest BCUT2D eigenvalue weighted by molar-refractivity contribution is 0.592. The highest BCUT2D eigenvalue weighted by molar-refractivity contribution is 5.26. The van der Waals surface area contributed by atoms with Gasteiger partial charge >= 0.3 is 0 Å². The van der Waals surface area contributed by atoms with Crippen LogP contribution in [0.1, 0.15) is 23.2 Å². The maximum Gasteiger partial charge on any atom is 0.141 e. The molecule has 2 unspecified atom stereocenters. The molecule has 19 heavy (non-hydrogen) atoms. The van der Waals surface area contributed by atoms with Crippen LogP contribution in [0.15, 0.2) is 52.8 Å². The van der Waals surface area contributed by atoms with Crippen molar-refractivity contribution in [1.29, 1.82) is 0 Å². The van der Waals surface area contributed by atoms with E-state index in [0.717, 1.165) is 11.3 Å². The second-order valence-electron chi connectivity index (χ2n) is 4.44. The van der Waals surface area contributed by atoms with Gasteiger partial charge in [-0.2, -0.15) is 10.2 Å². The van der Waals surface area contributed by atoms with E-state index in [1.165, 1.54) is 24.4 Å². The lowest BCUT2D eigenvalue weighted by Gasteiger charge is -2.16. The summed E-state index contributed by atoms with van der Waals surface area (Å²) in [5.41, 5.74) is 1.64. The maximum absolute atomic E-state index is 12.9. The van der Waals surface area contributed by atoms with Gasteiger partial charge in [0.2, 0.25) is 0 Å². The normalized spacial score (nSPS) is 21.8. The number of pyridine rings is 1. The van der Waals surface area contributed by atoms with Gasteiger partial charge in [-0.1, -0.05) is 12.1 Å². The Morgan fingerprint density at radius 1 is 0.947 bits per heavy atom. The molecule has 0 bridgehead atoms. The van der Waals surface area contributed by atoms with E-state index in [1.807, 2.05) is 0 Å². The van der Waals surface area contributed by atoms with Crippen molar-refractivity contribution in [2.45, 2.75) is 12.0 Å². The molecule has 0 fully saturated rings. The van der Waals surface area contributed by atoms with Gasteiger partial charge in [0.05, 0.1) is 18.7 Å². The van der Waals surface area contributed by atoms with E-state index in [-0.39, 0.29) is 23.6 Å². The first-order chi connectivity index (χ1) is 9.24. The van der Waals surface area contributed by atoms with Crippen molar-refractivity contribution in [3.05, 3.63) is 65.5 Å². The molecule has 2 heterocycles. The Bertz CT molecular complexity index is 593. The zero-order valence-corrected chi connectivity index (χ0v) is 10.0. The highest BCUT2D eigenvalue weighted by atomic mass is 19.1. The van der Waals surface area contributed by atoms with E-state index in [1.54, 1.807) is 18.2 Å². The van der Waals surface area contributed by atoms with Gasteiger partial charge in [0.15, 0.2) is 0 Å². The smallest absolute Gasteiger partial charge is 0.141 e. The van der Waals surface area contributed by atoms with E-state index < -0.39 is 0 Å². The summed E-state index contributed by atoms with van der Waals surface area (Å²) >= 11 is 0. The first-order valence-electron chi connectivity index (χ1n) is 5.97. The van der Waals surface area contributed by atoms with Gasteiger partial charge in [0, 0.05) is 5.69 Å². The average Bonchev–Trinajstić information content (AvgIpc) is 2.90. The fourth-order valence-corrected chi connectivity index (χ4v) is 2.22. The molecule has 0 N–H and O–H groups in total. The molecule has 3 rings (SSSR count). The summed E-state index contributed by atoms with van der Waals surface area (Å²) in [4.78, 5) is 4.08. The van der Waals surface area contributed by atoms with Crippen LogP contribution in [0.4, 0.5) is 8.78 Å². The van der Waals surface area contributed by atoms with Crippen molar-refractivity contribution in [2.75, 3.05) is 6.54 Å². The summed E-state index contributed by atoms with van der Waals surface area (Å²) in [5, 5.41) is 8.23. The molecular formula is C14H11F2N3. The van der Waals surface area contributed by atoms with Crippen LogP contribution in [0.3, 0.4) is 0 Å². The van der Waals surface area contributed by atoms with Gasteiger partial charge in [-0.05, 0) is 29.8 Å². The van der Waals surface area contributed by atoms with E-state index >= 15 is 0 Å². The maximum atomic E-state index is 12.9. The Hall–Kier alpha value is -2.17. The molecule has 1 aliphatic rings. The Balaban J connectivity index is 1.90. The van der Waals surface area contributed by atoms with Gasteiger partial charge in [0.25, 0.3) is 0 Å². The standard InChI is InChI=1S/C14H11F2N3/c15-10-3-1-9(2-4-10)14-12(8-18-19-14)13-6-5-11(16)7-17-13/h1-7,12,14H,8H2. The second kappa shape index (κ2) is 4.84. The third-order valence-electron chi connectivity index (χ3n) is 3.21. The average molecular weight is 259 g/mol. The zero-order valence-electron chi connectivity index (χ0n) is 10.0. The number of hydrogen-bond donors (Lipinski definition) is 0.